The topological polar surface area (TPSA) is 68.6 Å². The molecule has 0 N–H and O–H groups in total. The fourth-order valence-electron chi connectivity index (χ4n) is 6.62. The van der Waals surface area contributed by atoms with Gasteiger partial charge in [-0.1, -0.05) is 13.8 Å². The monoisotopic (exact) mass is 634 g/mol. The fourth-order valence-corrected chi connectivity index (χ4v) is 6.62. The second-order valence-electron chi connectivity index (χ2n) is 13.3. The first-order valence-corrected chi connectivity index (χ1v) is 16.5. The molecule has 4 rings (SSSR count). The number of ketones is 1. The maximum Gasteiger partial charge on any atom is 0.306 e. The highest BCUT2D eigenvalue weighted by molar-refractivity contribution is 5.84. The first-order chi connectivity index (χ1) is 21.8. The molecule has 1 saturated heterocycles. The van der Waals surface area contributed by atoms with Crippen molar-refractivity contribution in [3.05, 3.63) is 91.9 Å². The number of hydrogen-bond acceptors (Lipinski definition) is 5. The lowest BCUT2D eigenvalue weighted by molar-refractivity contribution is -0.143. The number of pyridine rings is 1. The van der Waals surface area contributed by atoms with Gasteiger partial charge >= 0.3 is 5.97 Å². The molecular formula is C38H48F2N2O4. The smallest absolute Gasteiger partial charge is 0.306 e. The molecule has 1 unspecified atom stereocenters. The van der Waals surface area contributed by atoms with Crippen LogP contribution in [0.3, 0.4) is 0 Å². The van der Waals surface area contributed by atoms with Gasteiger partial charge in [0.1, 0.15) is 11.6 Å². The molecule has 0 radical (unpaired) electrons. The minimum absolute atomic E-state index is 0.0990. The number of aryl methyl sites for hydroxylation is 4. The molecule has 0 amide bonds. The molecule has 1 aliphatic heterocycles. The number of ether oxygens (including phenoxy) is 1. The minimum Gasteiger partial charge on any atom is -0.466 e. The maximum absolute atomic E-state index is 16.0. The number of likely N-dealkylation sites (tertiary alicyclic amines) is 1. The van der Waals surface area contributed by atoms with E-state index < -0.39 is 23.7 Å². The molecule has 2 atom stereocenters. The molecule has 1 aromatic heterocycles. The number of carbonyl (C=O) groups excluding carboxylic acids is 2. The lowest BCUT2D eigenvalue weighted by Crippen LogP contribution is -2.38. The molecule has 2 heterocycles. The molecule has 46 heavy (non-hydrogen) atoms. The van der Waals surface area contributed by atoms with Crippen molar-refractivity contribution in [3.63, 3.8) is 0 Å². The van der Waals surface area contributed by atoms with Gasteiger partial charge < -0.3 is 14.2 Å². The van der Waals surface area contributed by atoms with Crippen molar-refractivity contribution in [1.29, 1.82) is 0 Å². The number of hydrogen-bond donors (Lipinski definition) is 0. The quantitative estimate of drug-likeness (QED) is 0.171. The van der Waals surface area contributed by atoms with E-state index in [2.05, 4.69) is 4.90 Å². The first-order valence-electron chi connectivity index (χ1n) is 16.5. The van der Waals surface area contributed by atoms with Gasteiger partial charge in [-0.3, -0.25) is 14.4 Å². The lowest BCUT2D eigenvalue weighted by atomic mass is 9.83. The number of rotatable bonds is 14. The summed E-state index contributed by atoms with van der Waals surface area (Å²) in [6.45, 7) is 16.1. The van der Waals surface area contributed by atoms with Crippen LogP contribution in [0.1, 0.15) is 91.8 Å². The number of carbonyl (C=O) groups is 2. The highest BCUT2D eigenvalue weighted by atomic mass is 19.1. The van der Waals surface area contributed by atoms with Gasteiger partial charge in [-0.2, -0.15) is 0 Å². The zero-order valence-corrected chi connectivity index (χ0v) is 28.3. The van der Waals surface area contributed by atoms with E-state index in [0.717, 1.165) is 42.7 Å². The van der Waals surface area contributed by atoms with Crippen LogP contribution in [-0.4, -0.2) is 47.5 Å². The van der Waals surface area contributed by atoms with Gasteiger partial charge in [0.15, 0.2) is 5.78 Å². The number of esters is 1. The third-order valence-electron chi connectivity index (χ3n) is 9.12. The van der Waals surface area contributed by atoms with Crippen molar-refractivity contribution in [2.45, 2.75) is 92.5 Å². The van der Waals surface area contributed by atoms with E-state index in [0.29, 0.717) is 28.7 Å². The summed E-state index contributed by atoms with van der Waals surface area (Å²) in [4.78, 5) is 42.9. The number of Topliss-reactive ketones (excluding diaryl/α,β-unsaturated/α-hetero) is 1. The Morgan fingerprint density at radius 3 is 2.17 bits per heavy atom. The van der Waals surface area contributed by atoms with E-state index >= 15 is 4.39 Å². The molecule has 1 aliphatic rings. The first kappa shape index (κ1) is 35.2. The van der Waals surface area contributed by atoms with Crippen molar-refractivity contribution >= 4 is 11.8 Å². The van der Waals surface area contributed by atoms with E-state index in [-0.39, 0.29) is 48.1 Å². The summed E-state index contributed by atoms with van der Waals surface area (Å²) in [6, 6.07) is 7.10. The van der Waals surface area contributed by atoms with Crippen LogP contribution in [0.4, 0.5) is 8.78 Å². The molecular weight excluding hydrogens is 586 g/mol. The largest absolute Gasteiger partial charge is 0.466 e. The van der Waals surface area contributed by atoms with Gasteiger partial charge in [-0.25, -0.2) is 8.78 Å². The van der Waals surface area contributed by atoms with Gasteiger partial charge in [-0.15, -0.1) is 0 Å². The van der Waals surface area contributed by atoms with Crippen molar-refractivity contribution < 1.29 is 23.1 Å². The minimum atomic E-state index is -0.826. The van der Waals surface area contributed by atoms with Crippen molar-refractivity contribution in [2.24, 2.45) is 5.92 Å². The van der Waals surface area contributed by atoms with Crippen LogP contribution >= 0.6 is 0 Å². The molecule has 2 aromatic carbocycles. The second-order valence-corrected chi connectivity index (χ2v) is 13.3. The third kappa shape index (κ3) is 8.38. The van der Waals surface area contributed by atoms with Crippen LogP contribution in [0, 0.1) is 45.2 Å². The highest BCUT2D eigenvalue weighted by Crippen LogP contribution is 2.37. The molecule has 6 nitrogen and oxygen atoms in total. The van der Waals surface area contributed by atoms with Crippen LogP contribution in [0.5, 0.6) is 0 Å². The van der Waals surface area contributed by atoms with Crippen molar-refractivity contribution in [1.82, 2.24) is 9.47 Å². The highest BCUT2D eigenvalue weighted by Gasteiger charge is 2.30. The van der Waals surface area contributed by atoms with Crippen LogP contribution in [-0.2, 0) is 20.7 Å². The van der Waals surface area contributed by atoms with E-state index in [1.165, 1.54) is 18.6 Å². The Bertz CT molecular complexity index is 1620. The second kappa shape index (κ2) is 15.3. The SMILES string of the molecule is CCOC(=O)C[C@H](CC(=O)C(CC(C)C)n1cc(CCN2CCC2)c(C)cc1=O)c1cc(-c2c(C)cc(F)cc2C)cc(C)c1F. The Kier molecular flexibility index (Phi) is 11.7. The fraction of sp³-hybridized carbons (Fsp3) is 0.500. The van der Waals surface area contributed by atoms with Crippen LogP contribution in [0.15, 0.2) is 41.3 Å². The number of aromatic nitrogens is 1. The zero-order valence-electron chi connectivity index (χ0n) is 28.3. The standard InChI is InChI=1S/C38H48F2N2O4/c1-8-46-36(45)21-29(32-19-30(15-27(7)38(32)40)37-25(5)16-31(39)17-26(37)6)20-34(43)33(14-23(2)3)42-22-28(24(4)18-35(42)44)10-13-41-11-9-12-41/h15-19,22-23,29,33H,8-14,20-21H2,1-7H3/t29-,33?/m0/s1. The Labute approximate surface area is 271 Å². The van der Waals surface area contributed by atoms with Gasteiger partial charge in [-0.05, 0) is 142 Å². The van der Waals surface area contributed by atoms with Gasteiger partial charge in [0.25, 0.3) is 5.56 Å². The summed E-state index contributed by atoms with van der Waals surface area (Å²) >= 11 is 0. The van der Waals surface area contributed by atoms with E-state index in [9.17, 15) is 18.8 Å². The molecule has 0 bridgehead atoms. The predicted octanol–water partition coefficient (Wildman–Crippen LogP) is 7.56. The molecule has 0 aliphatic carbocycles. The average Bonchev–Trinajstić information content (AvgIpc) is 2.93. The summed E-state index contributed by atoms with van der Waals surface area (Å²) in [5.74, 6) is -2.34. The predicted molar refractivity (Wildman–Crippen MR) is 178 cm³/mol. The Hall–Kier alpha value is -3.65. The molecule has 248 valence electrons. The van der Waals surface area contributed by atoms with Crippen molar-refractivity contribution in [2.75, 3.05) is 26.2 Å². The molecule has 0 saturated carbocycles. The summed E-state index contributed by atoms with van der Waals surface area (Å²) in [6.07, 6.45) is 3.88. The zero-order chi connectivity index (χ0) is 33.7. The van der Waals surface area contributed by atoms with Gasteiger partial charge in [0.05, 0.1) is 19.1 Å². The summed E-state index contributed by atoms with van der Waals surface area (Å²) < 4.78 is 36.9. The molecule has 3 aromatic rings. The van der Waals surface area contributed by atoms with Crippen molar-refractivity contribution in [3.8, 4) is 11.1 Å². The molecule has 1 fully saturated rings. The Balaban J connectivity index is 1.75. The molecule has 0 spiro atoms. The number of halogens is 2. The average molecular weight is 635 g/mol. The van der Waals surface area contributed by atoms with Gasteiger partial charge in [0.2, 0.25) is 0 Å². The normalized spacial score (nSPS) is 14.7. The van der Waals surface area contributed by atoms with Gasteiger partial charge in [0, 0.05) is 31.1 Å². The van der Waals surface area contributed by atoms with Crippen LogP contribution < -0.4 is 5.56 Å². The lowest BCUT2D eigenvalue weighted by Gasteiger charge is -2.31. The maximum atomic E-state index is 16.0. The third-order valence-corrected chi connectivity index (χ3v) is 9.12. The number of benzene rings is 2. The summed E-state index contributed by atoms with van der Waals surface area (Å²) in [5, 5.41) is 0. The van der Waals surface area contributed by atoms with E-state index in [1.807, 2.05) is 27.0 Å². The summed E-state index contributed by atoms with van der Waals surface area (Å²) in [5.41, 5.74) is 5.13. The van der Waals surface area contributed by atoms with Crippen LogP contribution in [0.25, 0.3) is 11.1 Å². The molecule has 8 heteroatoms. The van der Waals surface area contributed by atoms with Crippen LogP contribution in [0.2, 0.25) is 0 Å². The number of nitrogens with zero attached hydrogens (tertiary/aromatic N) is 2. The van der Waals surface area contributed by atoms with E-state index in [1.54, 1.807) is 50.5 Å². The summed E-state index contributed by atoms with van der Waals surface area (Å²) in [7, 11) is 0. The Morgan fingerprint density at radius 2 is 1.59 bits per heavy atom. The van der Waals surface area contributed by atoms with E-state index in [4.69, 9.17) is 4.74 Å². The Morgan fingerprint density at radius 1 is 0.913 bits per heavy atom.